The number of amides is 2. The predicted octanol–water partition coefficient (Wildman–Crippen LogP) is -0.714. The van der Waals surface area contributed by atoms with E-state index in [1.54, 1.807) is 21.3 Å². The molecule has 10 N–H and O–H groups in total. The number of carbonyl (C=O) groups is 4. The summed E-state index contributed by atoms with van der Waals surface area (Å²) in [5.74, 6) is -2.23. The average molecular weight is 711 g/mol. The summed E-state index contributed by atoms with van der Waals surface area (Å²) in [5.41, 5.74) is 22.7. The number of ether oxygens (including phenoxy) is 6. The third-order valence-electron chi connectivity index (χ3n) is 6.29. The topological polar surface area (TPSA) is 303 Å². The van der Waals surface area contributed by atoms with Gasteiger partial charge in [-0.2, -0.15) is 0 Å². The first-order valence-corrected chi connectivity index (χ1v) is 15.6. The summed E-state index contributed by atoms with van der Waals surface area (Å²) < 4.78 is 29.9. The molecule has 0 aliphatic heterocycles. The van der Waals surface area contributed by atoms with E-state index >= 15 is 0 Å². The Balaban J connectivity index is 0.000000515. The third kappa shape index (κ3) is 16.2. The van der Waals surface area contributed by atoms with E-state index in [0.29, 0.717) is 72.2 Å². The van der Waals surface area contributed by atoms with Crippen molar-refractivity contribution in [3.05, 3.63) is 22.8 Å². The van der Waals surface area contributed by atoms with Crippen molar-refractivity contribution >= 4 is 46.7 Å². The molecule has 0 saturated heterocycles. The summed E-state index contributed by atoms with van der Waals surface area (Å²) in [7, 11) is 6.22. The van der Waals surface area contributed by atoms with Gasteiger partial charge in [0.15, 0.2) is 57.6 Å². The number of hydrogen-bond acceptors (Lipinski definition) is 18. The van der Waals surface area contributed by atoms with Crippen LogP contribution in [0.5, 0.6) is 0 Å². The van der Waals surface area contributed by atoms with Gasteiger partial charge >= 0.3 is 0 Å². The lowest BCUT2D eigenvalue weighted by Gasteiger charge is -2.10. The van der Waals surface area contributed by atoms with E-state index in [1.165, 1.54) is 7.11 Å². The number of nitrogens with one attached hydrogen (secondary N) is 2. The molecule has 2 aromatic heterocycles. The van der Waals surface area contributed by atoms with E-state index in [4.69, 9.17) is 51.4 Å². The Morgan fingerprint density at radius 2 is 0.840 bits per heavy atom. The number of methoxy groups -OCH3 is 4. The van der Waals surface area contributed by atoms with Crippen molar-refractivity contribution in [3.63, 3.8) is 0 Å². The molecule has 0 bridgehead atoms. The summed E-state index contributed by atoms with van der Waals surface area (Å²) in [6.45, 7) is 3.92. The maximum absolute atomic E-state index is 12.2. The highest BCUT2D eigenvalue weighted by molar-refractivity contribution is 6.02. The number of Topliss-reactive ketones (excluding diaryl/α,β-unsaturated/α-hetero) is 2. The Morgan fingerprint density at radius 3 is 1.28 bits per heavy atom. The van der Waals surface area contributed by atoms with E-state index in [1.807, 2.05) is 0 Å². The molecule has 0 fully saturated rings. The molecule has 0 radical (unpaired) electrons. The van der Waals surface area contributed by atoms with Crippen LogP contribution in [0.15, 0.2) is 0 Å². The number of carbonyl (C=O) groups excluding carboxylic acids is 4. The van der Waals surface area contributed by atoms with E-state index in [-0.39, 0.29) is 77.0 Å². The van der Waals surface area contributed by atoms with Crippen LogP contribution in [-0.4, -0.2) is 138 Å². The number of ketones is 2. The van der Waals surface area contributed by atoms with Crippen LogP contribution in [0, 0.1) is 0 Å². The number of hydrogen-bond donors (Lipinski definition) is 6. The number of nitrogen functional groups attached to an aromatic ring is 4. The zero-order valence-corrected chi connectivity index (χ0v) is 29.1. The standard InChI is InChI=1S/C17H29N5O6.C13H21N5O4/c1-25-8-10-27-6-3-4-12(23)13-15(18)22-14(16(19)21-13)17(24)20-5-7-28-11-9-26-2;1-21-6-3-4-8(19)9-11(14)18-10(12(15)17-9)13(20)16-5-7-22-2/h3-11H2,1-2H3,(H2,18,22)(H2,19,21)(H,20,24);3-7H2,1-2H3,(H2,14,18)(H2,15,17)(H,16,20). The highest BCUT2D eigenvalue weighted by Gasteiger charge is 2.21. The molecule has 2 amide bonds. The molecule has 2 aromatic rings. The Kier molecular flexibility index (Phi) is 22.0. The molecule has 0 saturated carbocycles. The van der Waals surface area contributed by atoms with Gasteiger partial charge in [0.05, 0.1) is 39.6 Å². The zero-order valence-electron chi connectivity index (χ0n) is 29.1. The second-order valence-corrected chi connectivity index (χ2v) is 10.1. The summed E-state index contributed by atoms with van der Waals surface area (Å²) in [4.78, 5) is 63.9. The maximum atomic E-state index is 12.2. The summed E-state index contributed by atoms with van der Waals surface area (Å²) in [5, 5.41) is 5.15. The van der Waals surface area contributed by atoms with Crippen LogP contribution in [0.3, 0.4) is 0 Å². The first-order valence-electron chi connectivity index (χ1n) is 15.6. The van der Waals surface area contributed by atoms with E-state index in [9.17, 15) is 19.2 Å². The minimum atomic E-state index is -0.544. The van der Waals surface area contributed by atoms with Gasteiger partial charge in [0, 0.05) is 67.6 Å². The van der Waals surface area contributed by atoms with Gasteiger partial charge in [-0.1, -0.05) is 0 Å². The fourth-order valence-corrected chi connectivity index (χ4v) is 3.78. The fraction of sp³-hybridized carbons (Fsp3) is 0.600. The minimum Gasteiger partial charge on any atom is -0.385 e. The van der Waals surface area contributed by atoms with Gasteiger partial charge in [0.2, 0.25) is 0 Å². The van der Waals surface area contributed by atoms with Crippen molar-refractivity contribution in [2.45, 2.75) is 25.7 Å². The van der Waals surface area contributed by atoms with E-state index in [2.05, 4.69) is 30.6 Å². The van der Waals surface area contributed by atoms with Gasteiger partial charge in [-0.05, 0) is 12.8 Å². The van der Waals surface area contributed by atoms with Crippen LogP contribution in [0.2, 0.25) is 0 Å². The Bertz CT molecular complexity index is 1260. The minimum absolute atomic E-state index is 0.0259. The highest BCUT2D eigenvalue weighted by atomic mass is 16.5. The average Bonchev–Trinajstić information content (AvgIpc) is 3.09. The van der Waals surface area contributed by atoms with Gasteiger partial charge in [0.25, 0.3) is 11.8 Å². The molecule has 50 heavy (non-hydrogen) atoms. The number of nitrogens with zero attached hydrogens (tertiary/aromatic N) is 4. The smallest absolute Gasteiger partial charge is 0.273 e. The molecular weight excluding hydrogens is 660 g/mol. The normalized spacial score (nSPS) is 10.6. The molecule has 0 aliphatic carbocycles. The lowest BCUT2D eigenvalue weighted by atomic mass is 10.1. The van der Waals surface area contributed by atoms with Crippen LogP contribution < -0.4 is 33.6 Å². The van der Waals surface area contributed by atoms with Crippen molar-refractivity contribution in [1.82, 2.24) is 30.6 Å². The molecule has 2 heterocycles. The number of nitrogens with two attached hydrogens (primary N) is 4. The van der Waals surface area contributed by atoms with Crippen molar-refractivity contribution in [2.75, 3.05) is 117 Å². The van der Waals surface area contributed by atoms with Crippen LogP contribution in [0.4, 0.5) is 23.3 Å². The number of rotatable bonds is 24. The van der Waals surface area contributed by atoms with Crippen molar-refractivity contribution < 1.29 is 47.6 Å². The number of aromatic nitrogens is 4. The molecule has 20 heteroatoms. The highest BCUT2D eigenvalue weighted by Crippen LogP contribution is 2.17. The molecule has 2 rings (SSSR count). The zero-order chi connectivity index (χ0) is 37.3. The van der Waals surface area contributed by atoms with E-state index in [0.717, 1.165) is 0 Å². The van der Waals surface area contributed by atoms with Crippen LogP contribution in [0.25, 0.3) is 0 Å². The van der Waals surface area contributed by atoms with Gasteiger partial charge in [0.1, 0.15) is 0 Å². The molecule has 280 valence electrons. The molecule has 0 aromatic carbocycles. The molecular formula is C30H50N10O10. The lowest BCUT2D eigenvalue weighted by Crippen LogP contribution is -2.30. The van der Waals surface area contributed by atoms with Crippen molar-refractivity contribution in [3.8, 4) is 0 Å². The van der Waals surface area contributed by atoms with Crippen LogP contribution >= 0.6 is 0 Å². The molecule has 20 nitrogen and oxygen atoms in total. The number of anilines is 4. The lowest BCUT2D eigenvalue weighted by molar-refractivity contribution is 0.0669. The van der Waals surface area contributed by atoms with Gasteiger partial charge in [-0.3, -0.25) is 19.2 Å². The Morgan fingerprint density at radius 1 is 0.480 bits per heavy atom. The Labute approximate surface area is 290 Å². The first kappa shape index (κ1) is 43.4. The largest absolute Gasteiger partial charge is 0.385 e. The predicted molar refractivity (Wildman–Crippen MR) is 183 cm³/mol. The quantitative estimate of drug-likeness (QED) is 0.0579. The molecule has 0 spiro atoms. The van der Waals surface area contributed by atoms with Crippen LogP contribution in [-0.2, 0) is 28.4 Å². The van der Waals surface area contributed by atoms with E-state index < -0.39 is 11.8 Å². The molecule has 0 unspecified atom stereocenters. The van der Waals surface area contributed by atoms with Crippen molar-refractivity contribution in [2.24, 2.45) is 0 Å². The van der Waals surface area contributed by atoms with Crippen molar-refractivity contribution in [1.29, 1.82) is 0 Å². The van der Waals surface area contributed by atoms with Gasteiger partial charge in [-0.25, -0.2) is 19.9 Å². The molecule has 0 aliphatic rings. The van der Waals surface area contributed by atoms with Crippen LogP contribution in [0.1, 0.15) is 67.6 Å². The summed E-state index contributed by atoms with van der Waals surface area (Å²) >= 11 is 0. The van der Waals surface area contributed by atoms with Gasteiger partial charge < -0.3 is 62.0 Å². The maximum Gasteiger partial charge on any atom is 0.273 e. The SMILES string of the molecule is COCCCC(=O)c1nc(N)c(C(=O)NCCOC)nc1N.COCCOCCCC(=O)c1nc(N)c(C(=O)NCCOCCOC)nc1N. The molecule has 0 atom stereocenters. The third-order valence-corrected chi connectivity index (χ3v) is 6.29. The second-order valence-electron chi connectivity index (χ2n) is 10.1. The monoisotopic (exact) mass is 710 g/mol. The van der Waals surface area contributed by atoms with Gasteiger partial charge in [-0.15, -0.1) is 0 Å². The Hall–Kier alpha value is -4.60. The summed E-state index contributed by atoms with van der Waals surface area (Å²) in [6.07, 6.45) is 1.42. The fourth-order valence-electron chi connectivity index (χ4n) is 3.78. The first-order chi connectivity index (χ1) is 24.0. The second kappa shape index (κ2) is 25.4. The summed E-state index contributed by atoms with van der Waals surface area (Å²) in [6, 6.07) is 0.